The minimum atomic E-state index is -5.73. The summed E-state index contributed by atoms with van der Waals surface area (Å²) in [6, 6.07) is 0.723. The van der Waals surface area contributed by atoms with Crippen LogP contribution in [0.5, 0.6) is 11.5 Å². The van der Waals surface area contributed by atoms with E-state index >= 15 is 0 Å². The average Bonchev–Trinajstić information content (AvgIpc) is 2.60. The highest BCUT2D eigenvalue weighted by Gasteiger charge is 2.57. The number of hydrogen-bond donors (Lipinski definition) is 0. The summed E-state index contributed by atoms with van der Waals surface area (Å²) in [6.07, 6.45) is -16.7. The Balaban J connectivity index is 2.73. The number of nitro groups is 2. The first-order valence-electron chi connectivity index (χ1n) is 8.71. The second-order valence-corrected chi connectivity index (χ2v) is 6.96. The lowest BCUT2D eigenvalue weighted by atomic mass is 9.93. The van der Waals surface area contributed by atoms with E-state index in [4.69, 9.17) is 4.74 Å². The standard InChI is InChI=1S/C18H11F9N2O5/c1-7-3-9(15(17(22,23)24)18(25,26)27)4-8(2)13(7)34-14-11(28(30)31)5-10(16(19,20)21)6-12(14)29(32)33/h3-6,15H,1-2H3. The first kappa shape index (κ1) is 26.7. The summed E-state index contributed by atoms with van der Waals surface area (Å²) in [6.45, 7) is 1.91. The Labute approximate surface area is 183 Å². The van der Waals surface area contributed by atoms with Gasteiger partial charge in [-0.3, -0.25) is 20.2 Å². The minimum absolute atomic E-state index is 0.0509. The maximum Gasteiger partial charge on any atom is 0.416 e. The number of nitrogens with zero attached hydrogens (tertiary/aromatic N) is 2. The Morgan fingerprint density at radius 3 is 1.41 bits per heavy atom. The van der Waals surface area contributed by atoms with Gasteiger partial charge in [0, 0.05) is 12.1 Å². The van der Waals surface area contributed by atoms with Gasteiger partial charge in [-0.15, -0.1) is 0 Å². The van der Waals surface area contributed by atoms with Crippen molar-refractivity contribution >= 4 is 11.4 Å². The highest BCUT2D eigenvalue weighted by atomic mass is 19.4. The molecule has 2 aromatic carbocycles. The third kappa shape index (κ3) is 5.48. The SMILES string of the molecule is Cc1cc(C(C(F)(F)F)C(F)(F)F)cc(C)c1Oc1c([N+](=O)[O-])cc(C(F)(F)F)cc1[N+](=O)[O-]. The molecule has 34 heavy (non-hydrogen) atoms. The molecule has 0 aliphatic rings. The molecule has 0 radical (unpaired) electrons. The van der Waals surface area contributed by atoms with E-state index in [1.807, 2.05) is 0 Å². The van der Waals surface area contributed by atoms with Gasteiger partial charge in [-0.2, -0.15) is 39.5 Å². The number of alkyl halides is 9. The van der Waals surface area contributed by atoms with Crippen LogP contribution in [0.1, 0.15) is 28.2 Å². The Hall–Kier alpha value is -3.59. The van der Waals surface area contributed by atoms with Gasteiger partial charge in [0.1, 0.15) is 5.75 Å². The van der Waals surface area contributed by atoms with Gasteiger partial charge < -0.3 is 4.74 Å². The van der Waals surface area contributed by atoms with Crippen LogP contribution in [0, 0.1) is 34.1 Å². The van der Waals surface area contributed by atoms with Crippen molar-refractivity contribution in [2.75, 3.05) is 0 Å². The number of halogens is 9. The average molecular weight is 506 g/mol. The molecule has 0 spiro atoms. The highest BCUT2D eigenvalue weighted by Crippen LogP contribution is 2.49. The van der Waals surface area contributed by atoms with Gasteiger partial charge in [0.05, 0.1) is 15.4 Å². The number of benzene rings is 2. The monoisotopic (exact) mass is 506 g/mol. The maximum atomic E-state index is 13.0. The zero-order valence-electron chi connectivity index (χ0n) is 16.7. The summed E-state index contributed by atoms with van der Waals surface area (Å²) in [5.41, 5.74) is -6.88. The van der Waals surface area contributed by atoms with Crippen molar-refractivity contribution in [3.05, 3.63) is 66.7 Å². The predicted molar refractivity (Wildman–Crippen MR) is 95.6 cm³/mol. The lowest BCUT2D eigenvalue weighted by Crippen LogP contribution is -2.34. The zero-order valence-corrected chi connectivity index (χ0v) is 16.7. The first-order chi connectivity index (χ1) is 15.2. The molecule has 0 bridgehead atoms. The zero-order chi connectivity index (χ0) is 26.4. The van der Waals surface area contributed by atoms with E-state index in [9.17, 15) is 59.7 Å². The molecule has 0 unspecified atom stereocenters. The lowest BCUT2D eigenvalue weighted by molar-refractivity contribution is -0.396. The molecule has 0 fully saturated rings. The van der Waals surface area contributed by atoms with Crippen LogP contribution in [-0.4, -0.2) is 22.2 Å². The number of hydrogen-bond acceptors (Lipinski definition) is 5. The summed E-state index contributed by atoms with van der Waals surface area (Å²) in [5.74, 6) is -5.79. The summed E-state index contributed by atoms with van der Waals surface area (Å²) >= 11 is 0. The Kier molecular flexibility index (Phi) is 6.78. The normalized spacial score (nSPS) is 12.7. The van der Waals surface area contributed by atoms with Crippen molar-refractivity contribution in [1.29, 1.82) is 0 Å². The van der Waals surface area contributed by atoms with Crippen molar-refractivity contribution in [2.24, 2.45) is 0 Å². The largest absolute Gasteiger partial charge is 0.444 e. The van der Waals surface area contributed by atoms with Crippen molar-refractivity contribution in [3.8, 4) is 11.5 Å². The molecule has 186 valence electrons. The van der Waals surface area contributed by atoms with Crippen LogP contribution < -0.4 is 4.74 Å². The third-order valence-electron chi connectivity index (χ3n) is 4.45. The fourth-order valence-corrected chi connectivity index (χ4v) is 3.12. The Bertz CT molecular complexity index is 1070. The van der Waals surface area contributed by atoms with Gasteiger partial charge >= 0.3 is 29.9 Å². The lowest BCUT2D eigenvalue weighted by Gasteiger charge is -2.24. The first-order valence-corrected chi connectivity index (χ1v) is 8.71. The van der Waals surface area contributed by atoms with Gasteiger partial charge in [-0.25, -0.2) is 0 Å². The van der Waals surface area contributed by atoms with E-state index in [2.05, 4.69) is 0 Å². The molecule has 2 aromatic rings. The van der Waals surface area contributed by atoms with E-state index in [1.165, 1.54) is 0 Å². The van der Waals surface area contributed by atoms with E-state index in [0.29, 0.717) is 12.1 Å². The molecular formula is C18H11F9N2O5. The van der Waals surface area contributed by atoms with Gasteiger partial charge in [0.15, 0.2) is 5.92 Å². The number of nitro benzene ring substituents is 2. The van der Waals surface area contributed by atoms with Gasteiger partial charge in [0.25, 0.3) is 5.75 Å². The molecule has 7 nitrogen and oxygen atoms in total. The molecule has 16 heteroatoms. The van der Waals surface area contributed by atoms with Crippen LogP contribution >= 0.6 is 0 Å². The second kappa shape index (κ2) is 8.64. The van der Waals surface area contributed by atoms with Crippen LogP contribution in [0.15, 0.2) is 24.3 Å². The molecule has 0 saturated carbocycles. The van der Waals surface area contributed by atoms with Gasteiger partial charge in [-0.05, 0) is 30.5 Å². The topological polar surface area (TPSA) is 95.5 Å². The van der Waals surface area contributed by atoms with Crippen LogP contribution in [0.3, 0.4) is 0 Å². The summed E-state index contributed by atoms with van der Waals surface area (Å²) in [7, 11) is 0. The third-order valence-corrected chi connectivity index (χ3v) is 4.45. The van der Waals surface area contributed by atoms with Crippen LogP contribution in [0.4, 0.5) is 50.9 Å². The van der Waals surface area contributed by atoms with Crippen LogP contribution in [-0.2, 0) is 6.18 Å². The van der Waals surface area contributed by atoms with E-state index in [0.717, 1.165) is 13.8 Å². The smallest absolute Gasteiger partial charge is 0.416 e. The molecule has 0 aliphatic heterocycles. The van der Waals surface area contributed by atoms with E-state index in [-0.39, 0.29) is 12.1 Å². The maximum absolute atomic E-state index is 13.0. The summed E-state index contributed by atoms with van der Waals surface area (Å²) in [4.78, 5) is 19.7. The number of rotatable bonds is 5. The molecule has 2 rings (SSSR count). The Morgan fingerprint density at radius 1 is 0.735 bits per heavy atom. The fraction of sp³-hybridized carbons (Fsp3) is 0.333. The van der Waals surface area contributed by atoms with Crippen molar-refractivity contribution in [3.63, 3.8) is 0 Å². The molecule has 0 heterocycles. The van der Waals surface area contributed by atoms with Gasteiger partial charge in [-0.1, -0.05) is 12.1 Å². The predicted octanol–water partition coefficient (Wildman–Crippen LogP) is 7.14. The van der Waals surface area contributed by atoms with Crippen LogP contribution in [0.2, 0.25) is 0 Å². The van der Waals surface area contributed by atoms with Gasteiger partial charge in [0.2, 0.25) is 0 Å². The van der Waals surface area contributed by atoms with Crippen molar-refractivity contribution in [1.82, 2.24) is 0 Å². The van der Waals surface area contributed by atoms with E-state index < -0.39 is 79.4 Å². The quantitative estimate of drug-likeness (QED) is 0.244. The number of ether oxygens (including phenoxy) is 1. The molecule has 0 N–H and O–H groups in total. The second-order valence-electron chi connectivity index (χ2n) is 6.96. The fourth-order valence-electron chi connectivity index (χ4n) is 3.12. The highest BCUT2D eigenvalue weighted by molar-refractivity contribution is 5.64. The molecule has 0 saturated heterocycles. The van der Waals surface area contributed by atoms with Crippen LogP contribution in [0.25, 0.3) is 0 Å². The minimum Gasteiger partial charge on any atom is -0.444 e. The summed E-state index contributed by atoms with van der Waals surface area (Å²) < 4.78 is 122. The van der Waals surface area contributed by atoms with E-state index in [1.54, 1.807) is 0 Å². The van der Waals surface area contributed by atoms with Crippen molar-refractivity contribution in [2.45, 2.75) is 38.3 Å². The molecule has 0 amide bonds. The molecule has 0 aromatic heterocycles. The number of aryl methyl sites for hydroxylation is 2. The molecule has 0 aliphatic carbocycles. The Morgan fingerprint density at radius 2 is 1.12 bits per heavy atom. The summed E-state index contributed by atoms with van der Waals surface area (Å²) in [5, 5.41) is 22.6. The van der Waals surface area contributed by atoms with Crippen molar-refractivity contribution < 1.29 is 54.1 Å². The molecular weight excluding hydrogens is 495 g/mol. The molecule has 0 atom stereocenters.